The summed E-state index contributed by atoms with van der Waals surface area (Å²) in [5.74, 6) is 2.15. The quantitative estimate of drug-likeness (QED) is 0.208. The van der Waals surface area contributed by atoms with E-state index < -0.39 is 0 Å². The minimum absolute atomic E-state index is 0.0601. The molecule has 1 aromatic heterocycles. The van der Waals surface area contributed by atoms with Gasteiger partial charge in [0.2, 0.25) is 0 Å². The summed E-state index contributed by atoms with van der Waals surface area (Å²) in [5, 5.41) is 5.60. The normalized spacial score (nSPS) is 12.4. The number of benzene rings is 3. The van der Waals surface area contributed by atoms with Gasteiger partial charge in [0, 0.05) is 5.56 Å². The monoisotopic (exact) mass is 531 g/mol. The average molecular weight is 532 g/mol. The fraction of sp³-hybridized carbons (Fsp3) is 0.323. The Balaban J connectivity index is 1.87. The van der Waals surface area contributed by atoms with Crippen LogP contribution in [0.1, 0.15) is 63.6 Å². The highest BCUT2D eigenvalue weighted by molar-refractivity contribution is 6.32. The van der Waals surface area contributed by atoms with E-state index in [1.165, 1.54) is 4.68 Å². The molecule has 4 aromatic rings. The van der Waals surface area contributed by atoms with Gasteiger partial charge in [-0.25, -0.2) is 4.98 Å². The molecule has 0 bridgehead atoms. The number of aromatic nitrogens is 2. The Bertz CT molecular complexity index is 1540. The number of ether oxygens (including phenoxy) is 2. The van der Waals surface area contributed by atoms with E-state index in [9.17, 15) is 4.79 Å². The number of halogens is 1. The fourth-order valence-electron chi connectivity index (χ4n) is 4.19. The van der Waals surface area contributed by atoms with Gasteiger partial charge in [0.25, 0.3) is 5.56 Å². The number of fused-ring (bicyclic) bond motifs is 1. The lowest BCUT2D eigenvalue weighted by Gasteiger charge is -2.18. The van der Waals surface area contributed by atoms with Crippen LogP contribution in [0.2, 0.25) is 5.02 Å². The van der Waals surface area contributed by atoms with Gasteiger partial charge in [-0.3, -0.25) is 4.79 Å². The summed E-state index contributed by atoms with van der Waals surface area (Å²) in [5.41, 5.74) is 3.93. The lowest BCUT2D eigenvalue weighted by atomic mass is 9.96. The number of rotatable bonds is 9. The molecule has 0 saturated carbocycles. The minimum Gasteiger partial charge on any atom is -0.494 e. The molecule has 1 atom stereocenters. The molecule has 7 heteroatoms. The molecule has 0 amide bonds. The smallest absolute Gasteiger partial charge is 0.282 e. The van der Waals surface area contributed by atoms with Crippen LogP contribution in [0.4, 0.5) is 0 Å². The third-order valence-corrected chi connectivity index (χ3v) is 6.75. The molecular formula is C31H34ClN3O3. The van der Waals surface area contributed by atoms with Gasteiger partial charge in [0.05, 0.1) is 34.9 Å². The van der Waals surface area contributed by atoms with Crippen molar-refractivity contribution in [1.82, 2.24) is 9.66 Å². The van der Waals surface area contributed by atoms with Crippen LogP contribution in [0, 0.1) is 6.92 Å². The first-order chi connectivity index (χ1) is 18.2. The van der Waals surface area contributed by atoms with Crippen molar-refractivity contribution in [2.45, 2.75) is 60.0 Å². The van der Waals surface area contributed by atoms with Gasteiger partial charge in [-0.05, 0) is 92.3 Å². The van der Waals surface area contributed by atoms with Crippen molar-refractivity contribution in [3.8, 4) is 22.9 Å². The molecule has 0 N–H and O–H groups in total. The van der Waals surface area contributed by atoms with Crippen LogP contribution in [-0.2, 0) is 0 Å². The molecule has 0 fully saturated rings. The molecule has 1 heterocycles. The maximum atomic E-state index is 13.7. The van der Waals surface area contributed by atoms with Crippen molar-refractivity contribution in [1.29, 1.82) is 0 Å². The van der Waals surface area contributed by atoms with Crippen molar-refractivity contribution in [2.24, 2.45) is 5.10 Å². The van der Waals surface area contributed by atoms with Crippen LogP contribution in [0.5, 0.6) is 11.5 Å². The topological polar surface area (TPSA) is 65.7 Å². The van der Waals surface area contributed by atoms with Gasteiger partial charge >= 0.3 is 0 Å². The zero-order valence-corrected chi connectivity index (χ0v) is 23.5. The third kappa shape index (κ3) is 5.76. The summed E-state index contributed by atoms with van der Waals surface area (Å²) in [7, 11) is 0. The van der Waals surface area contributed by atoms with Gasteiger partial charge in [0.1, 0.15) is 11.5 Å². The fourth-order valence-corrected chi connectivity index (χ4v) is 4.43. The Hall–Kier alpha value is -3.64. The Morgan fingerprint density at radius 2 is 1.82 bits per heavy atom. The molecule has 3 aromatic carbocycles. The number of aryl methyl sites for hydroxylation is 1. The van der Waals surface area contributed by atoms with E-state index in [1.54, 1.807) is 18.3 Å². The Morgan fingerprint density at radius 3 is 2.50 bits per heavy atom. The second-order valence-corrected chi connectivity index (χ2v) is 10.0. The van der Waals surface area contributed by atoms with E-state index >= 15 is 0 Å². The summed E-state index contributed by atoms with van der Waals surface area (Å²) >= 11 is 6.48. The Morgan fingerprint density at radius 1 is 1.05 bits per heavy atom. The maximum Gasteiger partial charge on any atom is 0.282 e. The molecule has 0 saturated heterocycles. The first kappa shape index (κ1) is 27.4. The maximum absolute atomic E-state index is 13.7. The number of nitrogens with zero attached hydrogens (tertiary/aromatic N) is 3. The molecule has 4 rings (SSSR count). The van der Waals surface area contributed by atoms with E-state index in [2.05, 4.69) is 31.9 Å². The van der Waals surface area contributed by atoms with E-state index in [1.807, 2.05) is 57.2 Å². The highest BCUT2D eigenvalue weighted by Gasteiger charge is 2.18. The largest absolute Gasteiger partial charge is 0.494 e. The van der Waals surface area contributed by atoms with Gasteiger partial charge in [0.15, 0.2) is 5.82 Å². The predicted octanol–water partition coefficient (Wildman–Crippen LogP) is 7.61. The van der Waals surface area contributed by atoms with Crippen LogP contribution in [0.15, 0.2) is 64.5 Å². The van der Waals surface area contributed by atoms with Crippen LogP contribution < -0.4 is 15.0 Å². The molecule has 6 nitrogen and oxygen atoms in total. The average Bonchev–Trinajstić information content (AvgIpc) is 2.89. The predicted molar refractivity (Wildman–Crippen MR) is 156 cm³/mol. The highest BCUT2D eigenvalue weighted by Crippen LogP contribution is 2.34. The zero-order chi connectivity index (χ0) is 27.4. The zero-order valence-electron chi connectivity index (χ0n) is 22.8. The molecule has 0 aliphatic heterocycles. The van der Waals surface area contributed by atoms with E-state index in [0.29, 0.717) is 34.1 Å². The van der Waals surface area contributed by atoms with Gasteiger partial charge in [-0.15, -0.1) is 0 Å². The molecule has 0 unspecified atom stereocenters. The van der Waals surface area contributed by atoms with Crippen molar-refractivity contribution in [2.75, 3.05) is 6.61 Å². The molecule has 198 valence electrons. The first-order valence-corrected chi connectivity index (χ1v) is 13.4. The second kappa shape index (κ2) is 11.8. The summed E-state index contributed by atoms with van der Waals surface area (Å²) in [6, 6.07) is 16.9. The Kier molecular flexibility index (Phi) is 8.52. The van der Waals surface area contributed by atoms with Crippen LogP contribution in [-0.4, -0.2) is 28.6 Å². The molecule has 0 aliphatic rings. The van der Waals surface area contributed by atoms with E-state index in [4.69, 9.17) is 26.1 Å². The standard InChI is InChI=1S/C31H34ClN3O3/c1-7-21(6)38-28-14-13-22(16-26(28)32)18-33-35-30(34-27-12-10-9-11-23(27)31(35)36)25-17-24(19(3)4)29(37-8-2)15-20(25)5/h9-19,21H,7-8H2,1-6H3/t21-/m0/s1. The summed E-state index contributed by atoms with van der Waals surface area (Å²) in [6.45, 7) is 12.8. The van der Waals surface area contributed by atoms with Gasteiger partial charge < -0.3 is 9.47 Å². The van der Waals surface area contributed by atoms with Crippen molar-refractivity contribution >= 4 is 28.7 Å². The number of hydrogen-bond donors (Lipinski definition) is 0. The lowest BCUT2D eigenvalue weighted by Crippen LogP contribution is -2.21. The second-order valence-electron chi connectivity index (χ2n) is 9.63. The van der Waals surface area contributed by atoms with Crippen LogP contribution in [0.25, 0.3) is 22.3 Å². The molecule has 0 radical (unpaired) electrons. The highest BCUT2D eigenvalue weighted by atomic mass is 35.5. The van der Waals surface area contributed by atoms with Crippen LogP contribution in [0.3, 0.4) is 0 Å². The van der Waals surface area contributed by atoms with Crippen molar-refractivity contribution in [3.63, 3.8) is 0 Å². The molecule has 0 spiro atoms. The summed E-state index contributed by atoms with van der Waals surface area (Å²) in [6.07, 6.45) is 2.56. The van der Waals surface area contributed by atoms with Crippen molar-refractivity contribution < 1.29 is 9.47 Å². The Labute approximate surface area is 228 Å². The van der Waals surface area contributed by atoms with Crippen molar-refractivity contribution in [3.05, 3.63) is 86.7 Å². The number of para-hydroxylation sites is 1. The third-order valence-electron chi connectivity index (χ3n) is 6.45. The summed E-state index contributed by atoms with van der Waals surface area (Å²) < 4.78 is 13.2. The molecular weight excluding hydrogens is 498 g/mol. The lowest BCUT2D eigenvalue weighted by molar-refractivity contribution is 0.217. The van der Waals surface area contributed by atoms with E-state index in [-0.39, 0.29) is 17.6 Å². The SMILES string of the molecule is CCOc1cc(C)c(-c2nc3ccccc3c(=O)n2N=Cc2ccc(O[C@@H](C)CC)c(Cl)c2)cc1C(C)C. The first-order valence-electron chi connectivity index (χ1n) is 13.0. The van der Waals surface area contributed by atoms with E-state index in [0.717, 1.165) is 34.4 Å². The van der Waals surface area contributed by atoms with Crippen LogP contribution >= 0.6 is 11.6 Å². The van der Waals surface area contributed by atoms with Gasteiger partial charge in [-0.2, -0.15) is 9.78 Å². The summed E-state index contributed by atoms with van der Waals surface area (Å²) in [4.78, 5) is 18.5. The minimum atomic E-state index is -0.246. The molecule has 0 aliphatic carbocycles. The van der Waals surface area contributed by atoms with Gasteiger partial charge in [-0.1, -0.05) is 44.5 Å². The molecule has 38 heavy (non-hydrogen) atoms. The number of hydrogen-bond acceptors (Lipinski definition) is 5.